The number of nitrogens with zero attached hydrogens (tertiary/aromatic N) is 1. The molecule has 0 atom stereocenters. The van der Waals surface area contributed by atoms with E-state index in [1.54, 1.807) is 6.92 Å². The Balaban J connectivity index is 2.01. The molecule has 1 saturated carbocycles. The smallest absolute Gasteiger partial charge is 0.340 e. The molecule has 0 spiro atoms. The minimum absolute atomic E-state index is 0.0520. The Morgan fingerprint density at radius 2 is 2.04 bits per heavy atom. The summed E-state index contributed by atoms with van der Waals surface area (Å²) >= 11 is 3.45. The molecule has 3 rings (SSSR count). The van der Waals surface area contributed by atoms with Gasteiger partial charge in [-0.15, -0.1) is 0 Å². The monoisotopic (exact) mass is 413 g/mol. The van der Waals surface area contributed by atoms with E-state index in [2.05, 4.69) is 15.9 Å². The number of rotatable bonds is 4. The van der Waals surface area contributed by atoms with Crippen LogP contribution in [-0.4, -0.2) is 23.1 Å². The summed E-state index contributed by atoms with van der Waals surface area (Å²) in [6.07, 6.45) is 0.894. The largest absolute Gasteiger partial charge is 0.462 e. The van der Waals surface area contributed by atoms with Gasteiger partial charge in [0.15, 0.2) is 0 Å². The van der Waals surface area contributed by atoms with E-state index >= 15 is 0 Å². The van der Waals surface area contributed by atoms with E-state index in [0.717, 1.165) is 22.2 Å². The van der Waals surface area contributed by atoms with Crippen molar-refractivity contribution in [1.82, 2.24) is 4.57 Å². The van der Waals surface area contributed by atoms with Crippen LogP contribution in [0, 0.1) is 0 Å². The Hall–Kier alpha value is -1.43. The summed E-state index contributed by atoms with van der Waals surface area (Å²) < 4.78 is 34.0. The van der Waals surface area contributed by atoms with Crippen molar-refractivity contribution in [2.24, 2.45) is 7.05 Å². The number of hydrogen-bond acceptors (Lipinski definition) is 2. The number of aromatic nitrogens is 1. The maximum absolute atomic E-state index is 13.4. The van der Waals surface area contributed by atoms with Crippen LogP contribution in [0.2, 0.25) is 0 Å². The van der Waals surface area contributed by atoms with E-state index in [1.807, 2.05) is 29.8 Å². The van der Waals surface area contributed by atoms with Crippen LogP contribution in [0.1, 0.15) is 60.1 Å². The fourth-order valence-corrected chi connectivity index (χ4v) is 4.38. The highest BCUT2D eigenvalue weighted by Crippen LogP contribution is 2.42. The van der Waals surface area contributed by atoms with Gasteiger partial charge in [-0.25, -0.2) is 13.6 Å². The number of ether oxygens (including phenoxy) is 1. The second-order valence-electron chi connectivity index (χ2n) is 6.64. The van der Waals surface area contributed by atoms with E-state index in [9.17, 15) is 13.6 Å². The molecule has 0 N–H and O–H groups in total. The second-order valence-corrected chi connectivity index (χ2v) is 7.20. The first-order chi connectivity index (χ1) is 11.9. The van der Waals surface area contributed by atoms with Crippen molar-refractivity contribution < 1.29 is 18.3 Å². The quantitative estimate of drug-likeness (QED) is 0.486. The minimum atomic E-state index is -2.52. The van der Waals surface area contributed by atoms with Gasteiger partial charge in [-0.1, -0.05) is 28.1 Å². The molecule has 1 aliphatic rings. The van der Waals surface area contributed by atoms with Crippen LogP contribution in [0.4, 0.5) is 8.78 Å². The van der Waals surface area contributed by atoms with Gasteiger partial charge < -0.3 is 9.30 Å². The zero-order chi connectivity index (χ0) is 18.2. The molecule has 1 heterocycles. The lowest BCUT2D eigenvalue weighted by Gasteiger charge is -2.28. The maximum Gasteiger partial charge on any atom is 0.340 e. The standard InChI is InChI=1S/C19H22BrF2NO2/c1-3-25-18(24)17-14-5-4-13(10-15(14)23(2)16(17)11-20)12-6-8-19(21,22)9-7-12/h4-5,10,12H,3,6-9,11H2,1-2H3. The lowest BCUT2D eigenvalue weighted by molar-refractivity contribution is -0.0382. The Labute approximate surface area is 154 Å². The molecular formula is C19H22BrF2NO2. The summed E-state index contributed by atoms with van der Waals surface area (Å²) in [6.45, 7) is 2.11. The topological polar surface area (TPSA) is 31.2 Å². The number of benzene rings is 1. The molecule has 0 amide bonds. The van der Waals surface area contributed by atoms with Crippen molar-refractivity contribution in [3.8, 4) is 0 Å². The first kappa shape index (κ1) is 18.4. The van der Waals surface area contributed by atoms with Crippen LogP contribution in [0.5, 0.6) is 0 Å². The average Bonchev–Trinajstić information content (AvgIpc) is 2.87. The van der Waals surface area contributed by atoms with Crippen LogP contribution < -0.4 is 0 Å². The molecule has 0 bridgehead atoms. The molecule has 1 aromatic heterocycles. The van der Waals surface area contributed by atoms with E-state index < -0.39 is 5.92 Å². The maximum atomic E-state index is 13.4. The number of esters is 1. The van der Waals surface area contributed by atoms with Gasteiger partial charge >= 0.3 is 5.97 Å². The molecule has 3 nitrogen and oxygen atoms in total. The molecule has 1 aliphatic carbocycles. The molecule has 0 saturated heterocycles. The third-order valence-electron chi connectivity index (χ3n) is 5.14. The molecule has 0 aliphatic heterocycles. The molecule has 2 aromatic rings. The number of carbonyl (C=O) groups excluding carboxylic acids is 1. The highest BCUT2D eigenvalue weighted by molar-refractivity contribution is 9.08. The van der Waals surface area contributed by atoms with Crippen LogP contribution in [0.3, 0.4) is 0 Å². The predicted octanol–water partition coefficient (Wildman–Crippen LogP) is 5.54. The van der Waals surface area contributed by atoms with Gasteiger partial charge in [0.2, 0.25) is 5.92 Å². The van der Waals surface area contributed by atoms with Crippen molar-refractivity contribution in [2.45, 2.75) is 49.8 Å². The zero-order valence-corrected chi connectivity index (χ0v) is 16.0. The summed E-state index contributed by atoms with van der Waals surface area (Å²) in [6, 6.07) is 5.94. The Bertz CT molecular complexity index is 790. The van der Waals surface area contributed by atoms with Gasteiger partial charge in [0, 0.05) is 41.8 Å². The van der Waals surface area contributed by atoms with Gasteiger partial charge in [-0.3, -0.25) is 0 Å². The summed E-state index contributed by atoms with van der Waals surface area (Å²) in [4.78, 5) is 12.4. The average molecular weight is 414 g/mol. The molecule has 1 aromatic carbocycles. The van der Waals surface area contributed by atoms with Gasteiger partial charge in [0.1, 0.15) is 0 Å². The van der Waals surface area contributed by atoms with Crippen LogP contribution in [0.25, 0.3) is 10.9 Å². The van der Waals surface area contributed by atoms with E-state index in [0.29, 0.717) is 30.3 Å². The van der Waals surface area contributed by atoms with Gasteiger partial charge in [-0.05, 0) is 37.3 Å². The Kier molecular flexibility index (Phi) is 5.19. The minimum Gasteiger partial charge on any atom is -0.462 e. The second kappa shape index (κ2) is 7.06. The first-order valence-electron chi connectivity index (χ1n) is 8.60. The van der Waals surface area contributed by atoms with Crippen molar-refractivity contribution in [3.05, 3.63) is 35.0 Å². The number of alkyl halides is 3. The van der Waals surface area contributed by atoms with Crippen LogP contribution >= 0.6 is 15.9 Å². The first-order valence-corrected chi connectivity index (χ1v) is 9.72. The summed E-state index contributed by atoms with van der Waals surface area (Å²) in [7, 11) is 1.92. The van der Waals surface area contributed by atoms with Crippen LogP contribution in [-0.2, 0) is 17.1 Å². The van der Waals surface area contributed by atoms with E-state index in [-0.39, 0.29) is 24.7 Å². The third kappa shape index (κ3) is 3.46. The fraction of sp³-hybridized carbons (Fsp3) is 0.526. The lowest BCUT2D eigenvalue weighted by atomic mass is 9.82. The molecule has 6 heteroatoms. The lowest BCUT2D eigenvalue weighted by Crippen LogP contribution is -2.23. The summed E-state index contributed by atoms with van der Waals surface area (Å²) in [5.74, 6) is -2.70. The van der Waals surface area contributed by atoms with Crippen molar-refractivity contribution in [3.63, 3.8) is 0 Å². The predicted molar refractivity (Wildman–Crippen MR) is 97.7 cm³/mol. The fourth-order valence-electron chi connectivity index (χ4n) is 3.72. The van der Waals surface area contributed by atoms with E-state index in [4.69, 9.17) is 4.74 Å². The van der Waals surface area contributed by atoms with Crippen molar-refractivity contribution in [2.75, 3.05) is 6.61 Å². The molecular weight excluding hydrogens is 392 g/mol. The molecule has 1 fully saturated rings. The van der Waals surface area contributed by atoms with Gasteiger partial charge in [0.25, 0.3) is 0 Å². The van der Waals surface area contributed by atoms with E-state index in [1.165, 1.54) is 0 Å². The third-order valence-corrected chi connectivity index (χ3v) is 5.67. The number of hydrogen-bond donors (Lipinski definition) is 0. The zero-order valence-electron chi connectivity index (χ0n) is 14.4. The Morgan fingerprint density at radius 3 is 2.64 bits per heavy atom. The highest BCUT2D eigenvalue weighted by atomic mass is 79.9. The van der Waals surface area contributed by atoms with Crippen molar-refractivity contribution >= 4 is 32.8 Å². The van der Waals surface area contributed by atoms with Gasteiger partial charge in [0.05, 0.1) is 12.2 Å². The number of carbonyl (C=O) groups is 1. The molecule has 0 unspecified atom stereocenters. The molecule has 0 radical (unpaired) electrons. The number of fused-ring (bicyclic) bond motifs is 1. The van der Waals surface area contributed by atoms with Gasteiger partial charge in [-0.2, -0.15) is 0 Å². The summed E-state index contributed by atoms with van der Waals surface area (Å²) in [5.41, 5.74) is 3.45. The molecule has 136 valence electrons. The number of halogens is 3. The SMILES string of the molecule is CCOC(=O)c1c(CBr)n(C)c2cc(C3CCC(F)(F)CC3)ccc12. The highest BCUT2D eigenvalue weighted by Gasteiger charge is 2.35. The van der Waals surface area contributed by atoms with Crippen LogP contribution in [0.15, 0.2) is 18.2 Å². The normalized spacial score (nSPS) is 17.8. The van der Waals surface area contributed by atoms with Crippen molar-refractivity contribution in [1.29, 1.82) is 0 Å². The molecule has 25 heavy (non-hydrogen) atoms. The number of aryl methyl sites for hydroxylation is 1. The summed E-state index contributed by atoms with van der Waals surface area (Å²) in [5, 5.41) is 1.39. The Morgan fingerprint density at radius 1 is 1.36 bits per heavy atom.